The van der Waals surface area contributed by atoms with Gasteiger partial charge in [-0.25, -0.2) is 0 Å². The summed E-state index contributed by atoms with van der Waals surface area (Å²) < 4.78 is 9.04. The van der Waals surface area contributed by atoms with Gasteiger partial charge in [-0.05, 0) is 129 Å². The summed E-state index contributed by atoms with van der Waals surface area (Å²) in [4.78, 5) is 2.49. The first-order valence-electron chi connectivity index (χ1n) is 21.1. The van der Waals surface area contributed by atoms with E-state index in [0.29, 0.717) is 0 Å². The van der Waals surface area contributed by atoms with Crippen molar-refractivity contribution < 1.29 is 4.42 Å². The number of rotatable bonds is 4. The molecule has 10 aromatic rings. The lowest BCUT2D eigenvalue weighted by molar-refractivity contribution is 0.661. The Labute approximate surface area is 348 Å². The van der Waals surface area contributed by atoms with Gasteiger partial charge in [-0.1, -0.05) is 129 Å². The Kier molecular flexibility index (Phi) is 6.90. The number of anilines is 2. The predicted octanol–water partition coefficient (Wildman–Crippen LogP) is 15.1. The number of hydrogen-bond donors (Lipinski definition) is 0. The predicted molar refractivity (Wildman–Crippen MR) is 250 cm³/mol. The molecule has 0 N–H and O–H groups in total. The molecule has 0 amide bonds. The molecule has 0 saturated carbocycles. The molecule has 2 aliphatic carbocycles. The molecule has 0 bridgehead atoms. The van der Waals surface area contributed by atoms with Crippen LogP contribution >= 0.6 is 0 Å². The molecule has 3 aliphatic rings. The van der Waals surface area contributed by atoms with Crippen LogP contribution in [0, 0.1) is 0 Å². The van der Waals surface area contributed by atoms with Gasteiger partial charge in [0, 0.05) is 49.9 Å². The summed E-state index contributed by atoms with van der Waals surface area (Å²) in [6.07, 6.45) is 9.08. The van der Waals surface area contributed by atoms with Gasteiger partial charge >= 0.3 is 0 Å². The molecule has 0 fully saturated rings. The number of fused-ring (bicyclic) bond motifs is 12. The van der Waals surface area contributed by atoms with Gasteiger partial charge in [-0.2, -0.15) is 0 Å². The summed E-state index contributed by atoms with van der Waals surface area (Å²) >= 11 is 0. The fourth-order valence-corrected chi connectivity index (χ4v) is 10.9. The quantitative estimate of drug-likeness (QED) is 0.178. The van der Waals surface area contributed by atoms with Crippen LogP contribution in [0.2, 0.25) is 0 Å². The molecule has 0 spiro atoms. The molecule has 60 heavy (non-hydrogen) atoms. The molecule has 13 rings (SSSR count). The van der Waals surface area contributed by atoms with Crippen molar-refractivity contribution in [1.82, 2.24) is 4.57 Å². The van der Waals surface area contributed by atoms with Gasteiger partial charge in [-0.15, -0.1) is 0 Å². The lowest BCUT2D eigenvalue weighted by atomic mass is 9.82. The van der Waals surface area contributed by atoms with Crippen LogP contribution in [0.25, 0.3) is 82.8 Å². The second kappa shape index (κ2) is 12.3. The van der Waals surface area contributed by atoms with Crippen molar-refractivity contribution in [3.8, 4) is 39.1 Å². The fraction of sp³-hybridized carbons (Fsp3) is 0.0877. The van der Waals surface area contributed by atoms with Crippen LogP contribution in [0.3, 0.4) is 0 Å². The zero-order chi connectivity index (χ0) is 39.7. The van der Waals surface area contributed by atoms with Gasteiger partial charge in [0.1, 0.15) is 11.2 Å². The fourth-order valence-electron chi connectivity index (χ4n) is 10.9. The molecule has 0 saturated heterocycles. The standard InChI is InChI=1S/C57H40N2O/c1-57(2)48-21-11-9-18-41(48)43-33-46-45-30-35(24-27-52(45)59(53(46)34-49(43)57)39-16-7-4-8-17-39)36-26-29-54-47(31-36)56-40(20-13-23-55(56)60-54)37-25-28-51-44(32-37)42-19-10-12-22-50(42)58(51)38-14-5-3-6-15-38/h3-34,42,50H,1-2H3. The highest BCUT2D eigenvalue weighted by Crippen LogP contribution is 2.52. The van der Waals surface area contributed by atoms with Crippen LogP contribution in [-0.4, -0.2) is 10.6 Å². The first-order valence-corrected chi connectivity index (χ1v) is 21.1. The monoisotopic (exact) mass is 768 g/mol. The van der Waals surface area contributed by atoms with Crippen molar-refractivity contribution in [3.63, 3.8) is 0 Å². The molecule has 2 aromatic heterocycles. The van der Waals surface area contributed by atoms with Crippen LogP contribution in [0.1, 0.15) is 36.5 Å². The third-order valence-electron chi connectivity index (χ3n) is 13.7. The minimum Gasteiger partial charge on any atom is -0.456 e. The normalized spacial score (nSPS) is 17.1. The van der Waals surface area contributed by atoms with Gasteiger partial charge in [0.05, 0.1) is 17.1 Å². The van der Waals surface area contributed by atoms with E-state index in [1.165, 1.54) is 88.9 Å². The summed E-state index contributed by atoms with van der Waals surface area (Å²) in [6, 6.07) is 62.9. The van der Waals surface area contributed by atoms with E-state index in [2.05, 4.69) is 217 Å². The van der Waals surface area contributed by atoms with Gasteiger partial charge < -0.3 is 13.9 Å². The maximum atomic E-state index is 6.60. The number of hydrogen-bond acceptors (Lipinski definition) is 2. The molecule has 2 unspecified atom stereocenters. The highest BCUT2D eigenvalue weighted by atomic mass is 16.3. The maximum absolute atomic E-state index is 6.60. The van der Waals surface area contributed by atoms with E-state index in [-0.39, 0.29) is 17.4 Å². The average Bonchev–Trinajstić information content (AvgIpc) is 4.00. The Morgan fingerprint density at radius 1 is 0.483 bits per heavy atom. The van der Waals surface area contributed by atoms with E-state index in [0.717, 1.165) is 21.9 Å². The summed E-state index contributed by atoms with van der Waals surface area (Å²) in [5, 5.41) is 4.81. The van der Waals surface area contributed by atoms with Crippen molar-refractivity contribution in [3.05, 3.63) is 211 Å². The molecular weight excluding hydrogens is 729 g/mol. The Morgan fingerprint density at radius 3 is 2.03 bits per heavy atom. The minimum absolute atomic E-state index is 0.0835. The number of nitrogens with zero attached hydrogens (tertiary/aromatic N) is 2. The average molecular weight is 769 g/mol. The zero-order valence-corrected chi connectivity index (χ0v) is 33.4. The summed E-state index contributed by atoms with van der Waals surface area (Å²) in [5.74, 6) is 0.280. The molecule has 8 aromatic carbocycles. The largest absolute Gasteiger partial charge is 0.456 e. The number of allylic oxidation sites excluding steroid dienone is 2. The van der Waals surface area contributed by atoms with Crippen molar-refractivity contribution in [2.75, 3.05) is 4.90 Å². The Bertz CT molecular complexity index is 3470. The van der Waals surface area contributed by atoms with Crippen molar-refractivity contribution in [2.45, 2.75) is 31.2 Å². The summed E-state index contributed by atoms with van der Waals surface area (Å²) in [7, 11) is 0. The highest BCUT2D eigenvalue weighted by Gasteiger charge is 2.38. The minimum atomic E-state index is -0.0835. The topological polar surface area (TPSA) is 21.3 Å². The third kappa shape index (κ3) is 4.66. The zero-order valence-electron chi connectivity index (χ0n) is 33.4. The van der Waals surface area contributed by atoms with Crippen LogP contribution in [-0.2, 0) is 5.41 Å². The Morgan fingerprint density at radius 2 is 1.18 bits per heavy atom. The van der Waals surface area contributed by atoms with Gasteiger partial charge in [0.25, 0.3) is 0 Å². The molecule has 0 radical (unpaired) electrons. The molecule has 2 atom stereocenters. The first kappa shape index (κ1) is 33.6. The second-order valence-electron chi connectivity index (χ2n) is 17.2. The lowest BCUT2D eigenvalue weighted by Crippen LogP contribution is -2.28. The van der Waals surface area contributed by atoms with Gasteiger partial charge in [-0.3, -0.25) is 0 Å². The van der Waals surface area contributed by atoms with Gasteiger partial charge in [0.2, 0.25) is 0 Å². The van der Waals surface area contributed by atoms with Crippen LogP contribution in [0.15, 0.2) is 199 Å². The molecule has 284 valence electrons. The van der Waals surface area contributed by atoms with E-state index in [1.54, 1.807) is 0 Å². The first-order chi connectivity index (χ1) is 29.5. The lowest BCUT2D eigenvalue weighted by Gasteiger charge is -2.28. The van der Waals surface area contributed by atoms with Crippen LogP contribution in [0.5, 0.6) is 0 Å². The van der Waals surface area contributed by atoms with E-state index in [4.69, 9.17) is 4.42 Å². The highest BCUT2D eigenvalue weighted by molar-refractivity contribution is 6.15. The van der Waals surface area contributed by atoms with E-state index < -0.39 is 0 Å². The number of para-hydroxylation sites is 2. The van der Waals surface area contributed by atoms with Gasteiger partial charge in [0.15, 0.2) is 0 Å². The SMILES string of the molecule is CC1(C)c2ccccc2-c2cc3c4cc(-c5ccc6oc7cccc(-c8ccc9c(c8)C8C=CC=CC8N9c8ccccc8)c7c6c5)ccc4n(-c4ccccc4)c3cc21. The maximum Gasteiger partial charge on any atom is 0.136 e. The van der Waals surface area contributed by atoms with E-state index in [9.17, 15) is 0 Å². The number of benzene rings is 8. The number of furan rings is 1. The van der Waals surface area contributed by atoms with E-state index in [1.807, 2.05) is 0 Å². The molecule has 1 aliphatic heterocycles. The molecule has 3 heterocycles. The third-order valence-corrected chi connectivity index (χ3v) is 13.7. The summed E-state index contributed by atoms with van der Waals surface area (Å²) in [6.45, 7) is 4.73. The Hall–Kier alpha value is -7.36. The molecular formula is C57H40N2O. The number of aromatic nitrogens is 1. The smallest absolute Gasteiger partial charge is 0.136 e. The van der Waals surface area contributed by atoms with Crippen molar-refractivity contribution in [1.29, 1.82) is 0 Å². The molecule has 3 nitrogen and oxygen atoms in total. The van der Waals surface area contributed by atoms with Crippen molar-refractivity contribution in [2.24, 2.45) is 0 Å². The van der Waals surface area contributed by atoms with E-state index >= 15 is 0 Å². The van der Waals surface area contributed by atoms with Crippen LogP contribution in [0.4, 0.5) is 11.4 Å². The summed E-state index contributed by atoms with van der Waals surface area (Å²) in [5.41, 5.74) is 19.4. The van der Waals surface area contributed by atoms with Crippen LogP contribution < -0.4 is 4.90 Å². The van der Waals surface area contributed by atoms with Crippen molar-refractivity contribution >= 4 is 55.1 Å². The Balaban J connectivity index is 0.976. The molecule has 3 heteroatoms. The second-order valence-corrected chi connectivity index (χ2v) is 17.2.